The van der Waals surface area contributed by atoms with E-state index < -0.39 is 41.7 Å². The molecule has 3 atom stereocenters. The van der Waals surface area contributed by atoms with Gasteiger partial charge in [-0.25, -0.2) is 4.39 Å². The van der Waals surface area contributed by atoms with E-state index in [1.165, 1.54) is 24.3 Å². The number of nitrogens with one attached hydrogen (secondary N) is 2. The molecule has 0 bridgehead atoms. The van der Waals surface area contributed by atoms with Gasteiger partial charge in [0, 0.05) is 13.0 Å². The first-order valence-electron chi connectivity index (χ1n) is 12.1. The Kier molecular flexibility index (Phi) is 11.4. The summed E-state index contributed by atoms with van der Waals surface area (Å²) in [6.45, 7) is 0.346. The quantitative estimate of drug-likeness (QED) is 0.129. The summed E-state index contributed by atoms with van der Waals surface area (Å²) in [6.07, 6.45) is 6.65. The van der Waals surface area contributed by atoms with Gasteiger partial charge in [0.15, 0.2) is 5.96 Å². The molecular formula is C24H38FN7O3. The summed E-state index contributed by atoms with van der Waals surface area (Å²) in [6, 6.07) is 2.90. The summed E-state index contributed by atoms with van der Waals surface area (Å²) >= 11 is 0. The van der Waals surface area contributed by atoms with E-state index in [-0.39, 0.29) is 18.3 Å². The molecule has 1 saturated carbocycles. The summed E-state index contributed by atoms with van der Waals surface area (Å²) < 4.78 is 13.2. The summed E-state index contributed by atoms with van der Waals surface area (Å²) in [5, 5.41) is 5.44. The third-order valence-electron chi connectivity index (χ3n) is 6.24. The molecule has 0 aromatic heterocycles. The number of nitrogens with zero attached hydrogens (tertiary/aromatic N) is 1. The van der Waals surface area contributed by atoms with Gasteiger partial charge in [-0.1, -0.05) is 44.2 Å². The standard InChI is InChI=1S/C24H38FN7O3/c25-17-10-8-16(9-11-17)13-19(21(27)33)31-23(35)20(14-15-5-2-1-3-6-15)32-22(34)18(26)7-4-12-30-24(28)29/h8-11,15,18-20H,1-7,12-14,26H2,(H2,27,33)(H,31,35)(H,32,34)(H4,28,29,30)/t18-,19-,20-/m0/s1. The second kappa shape index (κ2) is 14.2. The summed E-state index contributed by atoms with van der Waals surface area (Å²) in [5.74, 6) is -1.83. The Bertz CT molecular complexity index is 868. The Balaban J connectivity index is 2.05. The summed E-state index contributed by atoms with van der Waals surface area (Å²) in [4.78, 5) is 41.8. The zero-order valence-electron chi connectivity index (χ0n) is 20.0. The van der Waals surface area contributed by atoms with Gasteiger partial charge in [-0.05, 0) is 42.9 Å². The largest absolute Gasteiger partial charge is 0.370 e. The molecule has 0 radical (unpaired) electrons. The molecule has 194 valence electrons. The molecule has 35 heavy (non-hydrogen) atoms. The number of nitrogens with two attached hydrogens (primary N) is 4. The van der Waals surface area contributed by atoms with Crippen LogP contribution in [0, 0.1) is 11.7 Å². The molecule has 1 aliphatic carbocycles. The minimum Gasteiger partial charge on any atom is -0.370 e. The van der Waals surface area contributed by atoms with Crippen molar-refractivity contribution in [3.05, 3.63) is 35.6 Å². The van der Waals surface area contributed by atoms with Crippen LogP contribution in [0.2, 0.25) is 0 Å². The average Bonchev–Trinajstić information content (AvgIpc) is 2.82. The van der Waals surface area contributed by atoms with Crippen LogP contribution in [-0.2, 0) is 20.8 Å². The first-order chi connectivity index (χ1) is 16.7. The second-order valence-electron chi connectivity index (χ2n) is 9.15. The van der Waals surface area contributed by atoms with Crippen molar-refractivity contribution in [1.29, 1.82) is 0 Å². The number of guanidine groups is 1. The average molecular weight is 492 g/mol. The van der Waals surface area contributed by atoms with Gasteiger partial charge in [0.1, 0.15) is 17.9 Å². The lowest BCUT2D eigenvalue weighted by Crippen LogP contribution is -2.56. The van der Waals surface area contributed by atoms with Gasteiger partial charge < -0.3 is 33.6 Å². The van der Waals surface area contributed by atoms with E-state index in [2.05, 4.69) is 15.6 Å². The zero-order valence-corrected chi connectivity index (χ0v) is 20.0. The minimum atomic E-state index is -1.01. The smallest absolute Gasteiger partial charge is 0.243 e. The maximum atomic E-state index is 13.2. The van der Waals surface area contributed by atoms with Crippen molar-refractivity contribution >= 4 is 23.7 Å². The lowest BCUT2D eigenvalue weighted by molar-refractivity contribution is -0.132. The topological polar surface area (TPSA) is 192 Å². The van der Waals surface area contributed by atoms with Crippen LogP contribution in [0.15, 0.2) is 29.3 Å². The fraction of sp³-hybridized carbons (Fsp3) is 0.583. The maximum Gasteiger partial charge on any atom is 0.243 e. The molecule has 10 N–H and O–H groups in total. The Labute approximate surface area is 205 Å². The number of aliphatic imine (C=N–C) groups is 1. The molecule has 11 heteroatoms. The van der Waals surface area contributed by atoms with E-state index in [1.807, 2.05) is 0 Å². The number of hydrogen-bond donors (Lipinski definition) is 6. The van der Waals surface area contributed by atoms with E-state index in [0.717, 1.165) is 32.1 Å². The molecule has 2 rings (SSSR count). The Hall–Kier alpha value is -3.21. The molecule has 3 amide bonds. The third-order valence-corrected chi connectivity index (χ3v) is 6.24. The molecule has 1 aromatic rings. The van der Waals surface area contributed by atoms with E-state index in [4.69, 9.17) is 22.9 Å². The molecule has 0 heterocycles. The Morgan fingerprint density at radius 2 is 1.60 bits per heavy atom. The van der Waals surface area contributed by atoms with E-state index in [0.29, 0.717) is 31.4 Å². The lowest BCUT2D eigenvalue weighted by atomic mass is 9.84. The fourth-order valence-corrected chi connectivity index (χ4v) is 4.27. The molecule has 0 unspecified atom stereocenters. The highest BCUT2D eigenvalue weighted by Gasteiger charge is 2.30. The molecule has 10 nitrogen and oxygen atoms in total. The van der Waals surface area contributed by atoms with Gasteiger partial charge in [-0.2, -0.15) is 0 Å². The first-order valence-corrected chi connectivity index (χ1v) is 12.1. The number of hydrogen-bond acceptors (Lipinski definition) is 5. The van der Waals surface area contributed by atoms with Crippen molar-refractivity contribution in [3.8, 4) is 0 Å². The first kappa shape index (κ1) is 28.0. The number of benzene rings is 1. The van der Waals surface area contributed by atoms with Crippen LogP contribution < -0.4 is 33.6 Å². The van der Waals surface area contributed by atoms with Crippen molar-refractivity contribution in [2.24, 2.45) is 33.8 Å². The Morgan fingerprint density at radius 1 is 0.971 bits per heavy atom. The van der Waals surface area contributed by atoms with Crippen LogP contribution in [0.3, 0.4) is 0 Å². The number of carbonyl (C=O) groups excluding carboxylic acids is 3. The minimum absolute atomic E-state index is 0.0307. The predicted octanol–water partition coefficient (Wildman–Crippen LogP) is 0.174. The number of amides is 3. The van der Waals surface area contributed by atoms with Crippen molar-refractivity contribution in [3.63, 3.8) is 0 Å². The Morgan fingerprint density at radius 3 is 2.20 bits per heavy atom. The highest BCUT2D eigenvalue weighted by atomic mass is 19.1. The molecule has 1 fully saturated rings. The van der Waals surface area contributed by atoms with Crippen molar-refractivity contribution in [2.45, 2.75) is 75.9 Å². The third kappa shape index (κ3) is 10.3. The molecule has 1 aromatic carbocycles. The molecular weight excluding hydrogens is 453 g/mol. The monoisotopic (exact) mass is 491 g/mol. The van der Waals surface area contributed by atoms with Crippen LogP contribution in [0.1, 0.15) is 56.9 Å². The summed E-state index contributed by atoms with van der Waals surface area (Å²) in [7, 11) is 0. The summed E-state index contributed by atoms with van der Waals surface area (Å²) in [5.41, 5.74) is 22.8. The normalized spacial score (nSPS) is 16.5. The van der Waals surface area contributed by atoms with Gasteiger partial charge in [0.2, 0.25) is 17.7 Å². The highest BCUT2D eigenvalue weighted by Crippen LogP contribution is 2.27. The number of primary amides is 1. The van der Waals surface area contributed by atoms with E-state index in [9.17, 15) is 18.8 Å². The van der Waals surface area contributed by atoms with Gasteiger partial charge in [-0.15, -0.1) is 0 Å². The van der Waals surface area contributed by atoms with Crippen LogP contribution in [-0.4, -0.2) is 48.4 Å². The van der Waals surface area contributed by atoms with Crippen LogP contribution >= 0.6 is 0 Å². The number of halogens is 1. The fourth-order valence-electron chi connectivity index (χ4n) is 4.27. The maximum absolute atomic E-state index is 13.2. The second-order valence-corrected chi connectivity index (χ2v) is 9.15. The van der Waals surface area contributed by atoms with Crippen LogP contribution in [0.25, 0.3) is 0 Å². The predicted molar refractivity (Wildman–Crippen MR) is 132 cm³/mol. The van der Waals surface area contributed by atoms with Gasteiger partial charge in [0.05, 0.1) is 6.04 Å². The SMILES string of the molecule is NC(=O)[C@H](Cc1ccc(F)cc1)NC(=O)[C@H](CC1CCCCC1)NC(=O)[C@@H](N)CCCN=C(N)N. The van der Waals surface area contributed by atoms with Gasteiger partial charge >= 0.3 is 0 Å². The van der Waals surface area contributed by atoms with Gasteiger partial charge in [0.25, 0.3) is 0 Å². The van der Waals surface area contributed by atoms with Gasteiger partial charge in [-0.3, -0.25) is 19.4 Å². The zero-order chi connectivity index (χ0) is 25.8. The van der Waals surface area contributed by atoms with Crippen molar-refractivity contribution in [1.82, 2.24) is 10.6 Å². The van der Waals surface area contributed by atoms with E-state index in [1.54, 1.807) is 0 Å². The molecule has 0 spiro atoms. The van der Waals surface area contributed by atoms with Crippen LogP contribution in [0.5, 0.6) is 0 Å². The molecule has 0 saturated heterocycles. The van der Waals surface area contributed by atoms with E-state index >= 15 is 0 Å². The number of rotatable bonds is 13. The lowest BCUT2D eigenvalue weighted by Gasteiger charge is -2.28. The molecule has 1 aliphatic rings. The van der Waals surface area contributed by atoms with Crippen LogP contribution in [0.4, 0.5) is 4.39 Å². The van der Waals surface area contributed by atoms with Crippen molar-refractivity contribution in [2.75, 3.05) is 6.54 Å². The number of carbonyl (C=O) groups is 3. The molecule has 0 aliphatic heterocycles. The van der Waals surface area contributed by atoms with Crippen molar-refractivity contribution < 1.29 is 18.8 Å². The highest BCUT2D eigenvalue weighted by molar-refractivity contribution is 5.92.